The van der Waals surface area contributed by atoms with E-state index in [1.807, 2.05) is 0 Å². The van der Waals surface area contributed by atoms with Gasteiger partial charge >= 0.3 is 0 Å². The van der Waals surface area contributed by atoms with Gasteiger partial charge in [-0.2, -0.15) is 0 Å². The minimum atomic E-state index is 0.700. The predicted octanol–water partition coefficient (Wildman–Crippen LogP) is 3.22. The zero-order valence-electron chi connectivity index (χ0n) is 8.90. The molecule has 14 heavy (non-hydrogen) atoms. The Labute approximate surface area is 86.1 Å². The quantitative estimate of drug-likeness (QED) is 0.687. The summed E-state index contributed by atoms with van der Waals surface area (Å²) in [5.74, 6) is 0.700. The first-order valence-corrected chi connectivity index (χ1v) is 5.28. The molecule has 2 rings (SSSR count). The van der Waals surface area contributed by atoms with Crippen molar-refractivity contribution in [3.05, 3.63) is 42.1 Å². The number of hydrogen-bond acceptors (Lipinski definition) is 1. The first-order chi connectivity index (χ1) is 6.77. The van der Waals surface area contributed by atoms with Crippen molar-refractivity contribution in [1.82, 2.24) is 0 Å². The van der Waals surface area contributed by atoms with Gasteiger partial charge < -0.3 is 4.90 Å². The Hall–Kier alpha value is -1.24. The molecule has 0 amide bonds. The van der Waals surface area contributed by atoms with Crippen LogP contribution >= 0.6 is 0 Å². The number of hydrogen-bond donors (Lipinski definition) is 0. The molecule has 0 radical (unpaired) electrons. The maximum atomic E-state index is 2.35. The summed E-state index contributed by atoms with van der Waals surface area (Å²) in [5, 5.41) is 0. The van der Waals surface area contributed by atoms with Crippen molar-refractivity contribution >= 4 is 5.69 Å². The van der Waals surface area contributed by atoms with E-state index in [2.05, 4.69) is 55.3 Å². The number of benzene rings is 1. The van der Waals surface area contributed by atoms with Crippen LogP contribution in [0, 0.1) is 5.92 Å². The first kappa shape index (κ1) is 9.32. The van der Waals surface area contributed by atoms with Crippen LogP contribution in [0.3, 0.4) is 0 Å². The van der Waals surface area contributed by atoms with Gasteiger partial charge in [-0.3, -0.25) is 0 Å². The molecular weight excluding hydrogens is 170 g/mol. The maximum absolute atomic E-state index is 2.35. The van der Waals surface area contributed by atoms with Crippen molar-refractivity contribution in [2.24, 2.45) is 5.92 Å². The molecular formula is C13H17N. The van der Waals surface area contributed by atoms with Gasteiger partial charge in [-0.25, -0.2) is 0 Å². The molecule has 0 aliphatic carbocycles. The fraction of sp³-hybridized carbons (Fsp3) is 0.385. The molecule has 0 fully saturated rings. The van der Waals surface area contributed by atoms with Gasteiger partial charge in [-0.1, -0.05) is 38.1 Å². The van der Waals surface area contributed by atoms with Crippen LogP contribution in [0.4, 0.5) is 5.69 Å². The summed E-state index contributed by atoms with van der Waals surface area (Å²) >= 11 is 0. The fourth-order valence-corrected chi connectivity index (χ4v) is 1.90. The Kier molecular flexibility index (Phi) is 2.58. The van der Waals surface area contributed by atoms with Gasteiger partial charge in [0, 0.05) is 18.4 Å². The average molecular weight is 187 g/mol. The molecule has 0 unspecified atom stereocenters. The van der Waals surface area contributed by atoms with Crippen molar-refractivity contribution in [3.8, 4) is 0 Å². The SMILES string of the molecule is CC(C)CN1C=CCc2ccccc21. The van der Waals surface area contributed by atoms with Gasteiger partial charge in [-0.05, 0) is 24.0 Å². The van der Waals surface area contributed by atoms with Crippen LogP contribution in [0.15, 0.2) is 36.5 Å². The first-order valence-electron chi connectivity index (χ1n) is 5.28. The molecule has 1 aliphatic rings. The molecule has 0 saturated heterocycles. The molecule has 0 bridgehead atoms. The topological polar surface area (TPSA) is 3.24 Å². The molecule has 0 saturated carbocycles. The number of allylic oxidation sites excluding steroid dienone is 1. The highest BCUT2D eigenvalue weighted by atomic mass is 15.1. The smallest absolute Gasteiger partial charge is 0.0441 e. The van der Waals surface area contributed by atoms with E-state index >= 15 is 0 Å². The number of nitrogens with zero attached hydrogens (tertiary/aromatic N) is 1. The second-order valence-electron chi connectivity index (χ2n) is 4.26. The Balaban J connectivity index is 2.26. The third-order valence-corrected chi connectivity index (χ3v) is 2.49. The van der Waals surface area contributed by atoms with E-state index in [0.717, 1.165) is 13.0 Å². The largest absolute Gasteiger partial charge is 0.348 e. The van der Waals surface area contributed by atoms with Crippen molar-refractivity contribution in [2.45, 2.75) is 20.3 Å². The highest BCUT2D eigenvalue weighted by Gasteiger charge is 2.12. The third-order valence-electron chi connectivity index (χ3n) is 2.49. The molecule has 1 aliphatic heterocycles. The summed E-state index contributed by atoms with van der Waals surface area (Å²) in [6.07, 6.45) is 5.53. The lowest BCUT2D eigenvalue weighted by atomic mass is 10.0. The van der Waals surface area contributed by atoms with E-state index in [0.29, 0.717) is 5.92 Å². The molecule has 1 aromatic carbocycles. The zero-order chi connectivity index (χ0) is 9.97. The third kappa shape index (κ3) is 1.82. The minimum absolute atomic E-state index is 0.700. The highest BCUT2D eigenvalue weighted by molar-refractivity contribution is 5.58. The van der Waals surface area contributed by atoms with Crippen molar-refractivity contribution < 1.29 is 0 Å². The van der Waals surface area contributed by atoms with Crippen molar-refractivity contribution in [1.29, 1.82) is 0 Å². The van der Waals surface area contributed by atoms with Crippen molar-refractivity contribution in [3.63, 3.8) is 0 Å². The van der Waals surface area contributed by atoms with Gasteiger partial charge in [0.05, 0.1) is 0 Å². The maximum Gasteiger partial charge on any atom is 0.0441 e. The molecule has 0 N–H and O–H groups in total. The average Bonchev–Trinajstić information content (AvgIpc) is 2.18. The van der Waals surface area contributed by atoms with Gasteiger partial charge in [0.15, 0.2) is 0 Å². The molecule has 0 spiro atoms. The molecule has 1 aromatic rings. The number of para-hydroxylation sites is 1. The highest BCUT2D eigenvalue weighted by Crippen LogP contribution is 2.25. The Morgan fingerprint density at radius 2 is 2.07 bits per heavy atom. The van der Waals surface area contributed by atoms with Crippen LogP contribution in [0.2, 0.25) is 0 Å². The summed E-state index contributed by atoms with van der Waals surface area (Å²) in [4.78, 5) is 2.35. The lowest BCUT2D eigenvalue weighted by Crippen LogP contribution is -2.24. The molecule has 1 heterocycles. The minimum Gasteiger partial charge on any atom is -0.348 e. The van der Waals surface area contributed by atoms with Gasteiger partial charge in [-0.15, -0.1) is 0 Å². The predicted molar refractivity (Wildman–Crippen MR) is 61.5 cm³/mol. The molecule has 74 valence electrons. The van der Waals surface area contributed by atoms with E-state index in [1.165, 1.54) is 11.3 Å². The van der Waals surface area contributed by atoms with Crippen LogP contribution in [0.1, 0.15) is 19.4 Å². The Morgan fingerprint density at radius 3 is 2.86 bits per heavy atom. The molecule has 1 nitrogen and oxygen atoms in total. The Bertz CT molecular complexity index is 339. The number of anilines is 1. The lowest BCUT2D eigenvalue weighted by Gasteiger charge is -2.27. The standard InChI is InChI=1S/C13H17N/c1-11(2)10-14-9-5-7-12-6-3-4-8-13(12)14/h3-6,8-9,11H,7,10H2,1-2H3. The summed E-state index contributed by atoms with van der Waals surface area (Å²) in [5.41, 5.74) is 2.82. The second-order valence-corrected chi connectivity index (χ2v) is 4.26. The van der Waals surface area contributed by atoms with E-state index in [9.17, 15) is 0 Å². The van der Waals surface area contributed by atoms with E-state index in [1.54, 1.807) is 0 Å². The number of fused-ring (bicyclic) bond motifs is 1. The zero-order valence-corrected chi connectivity index (χ0v) is 8.90. The molecule has 0 aromatic heterocycles. The van der Waals surface area contributed by atoms with Crippen LogP contribution in [-0.4, -0.2) is 6.54 Å². The monoisotopic (exact) mass is 187 g/mol. The van der Waals surface area contributed by atoms with Crippen LogP contribution < -0.4 is 4.90 Å². The summed E-state index contributed by atoms with van der Waals surface area (Å²) in [6.45, 7) is 5.61. The van der Waals surface area contributed by atoms with E-state index < -0.39 is 0 Å². The number of rotatable bonds is 2. The summed E-state index contributed by atoms with van der Waals surface area (Å²) in [7, 11) is 0. The fourth-order valence-electron chi connectivity index (χ4n) is 1.90. The van der Waals surface area contributed by atoms with Crippen molar-refractivity contribution in [2.75, 3.05) is 11.4 Å². The van der Waals surface area contributed by atoms with Crippen LogP contribution in [-0.2, 0) is 6.42 Å². The molecule has 0 atom stereocenters. The van der Waals surface area contributed by atoms with E-state index in [-0.39, 0.29) is 0 Å². The van der Waals surface area contributed by atoms with Crippen LogP contribution in [0.5, 0.6) is 0 Å². The lowest BCUT2D eigenvalue weighted by molar-refractivity contribution is 0.645. The summed E-state index contributed by atoms with van der Waals surface area (Å²) in [6, 6.07) is 8.66. The van der Waals surface area contributed by atoms with Gasteiger partial charge in [0.1, 0.15) is 0 Å². The van der Waals surface area contributed by atoms with E-state index in [4.69, 9.17) is 0 Å². The normalized spacial score (nSPS) is 14.6. The Morgan fingerprint density at radius 1 is 1.29 bits per heavy atom. The van der Waals surface area contributed by atoms with Crippen LogP contribution in [0.25, 0.3) is 0 Å². The summed E-state index contributed by atoms with van der Waals surface area (Å²) < 4.78 is 0. The molecule has 1 heteroatoms. The van der Waals surface area contributed by atoms with Gasteiger partial charge in [0.2, 0.25) is 0 Å². The van der Waals surface area contributed by atoms with Gasteiger partial charge in [0.25, 0.3) is 0 Å². The second kappa shape index (κ2) is 3.87.